The minimum atomic E-state index is 0.618. The highest BCUT2D eigenvalue weighted by atomic mass is 32.2. The van der Waals surface area contributed by atoms with E-state index in [-0.39, 0.29) is 0 Å². The molecule has 0 saturated heterocycles. The van der Waals surface area contributed by atoms with Gasteiger partial charge < -0.3 is 0 Å². The van der Waals surface area contributed by atoms with E-state index in [2.05, 4.69) is 21.6 Å². The average Bonchev–Trinajstić information content (AvgIpc) is 3.23. The van der Waals surface area contributed by atoms with E-state index >= 15 is 0 Å². The van der Waals surface area contributed by atoms with E-state index in [0.717, 1.165) is 23.8 Å². The highest BCUT2D eigenvalue weighted by Crippen LogP contribution is 2.43. The maximum Gasteiger partial charge on any atom is 0.157 e. The number of rotatable bonds is 6. The molecule has 2 fully saturated rings. The van der Waals surface area contributed by atoms with Crippen LogP contribution in [0.2, 0.25) is 0 Å². The third-order valence-corrected chi connectivity index (χ3v) is 3.87. The van der Waals surface area contributed by atoms with Crippen molar-refractivity contribution in [2.75, 3.05) is 12.0 Å². The van der Waals surface area contributed by atoms with Gasteiger partial charge in [-0.1, -0.05) is 0 Å². The fourth-order valence-corrected chi connectivity index (χ4v) is 2.27. The molecule has 2 aliphatic carbocycles. The summed E-state index contributed by atoms with van der Waals surface area (Å²) < 4.78 is 2.02. The molecule has 0 unspecified atom stereocenters. The molecule has 0 radical (unpaired) electrons. The van der Waals surface area contributed by atoms with Gasteiger partial charge in [-0.25, -0.2) is 4.68 Å². The Morgan fingerprint density at radius 3 is 2.29 bits per heavy atom. The van der Waals surface area contributed by atoms with Crippen molar-refractivity contribution in [2.24, 2.45) is 5.10 Å². The molecule has 0 atom stereocenters. The summed E-state index contributed by atoms with van der Waals surface area (Å²) in [5.74, 6) is 4.54. The number of hydrogen-bond donors (Lipinski definition) is 0. The van der Waals surface area contributed by atoms with Crippen LogP contribution in [-0.4, -0.2) is 33.1 Å². The van der Waals surface area contributed by atoms with Crippen LogP contribution in [0.1, 0.15) is 55.6 Å². The van der Waals surface area contributed by atoms with E-state index in [1.165, 1.54) is 25.7 Å². The fraction of sp³-hybridized carbons (Fsp3) is 0.750. The Balaban J connectivity index is 1.78. The Morgan fingerprint density at radius 2 is 1.82 bits per heavy atom. The third kappa shape index (κ3) is 2.54. The van der Waals surface area contributed by atoms with Crippen LogP contribution >= 0.6 is 11.8 Å². The minimum absolute atomic E-state index is 0.618. The SMILES string of the molecule is CSCC/C=N/n1c(C2CC2)nnc1C1CC1. The highest BCUT2D eigenvalue weighted by Gasteiger charge is 2.35. The maximum absolute atomic E-state index is 4.58. The summed E-state index contributed by atoms with van der Waals surface area (Å²) in [5.41, 5.74) is 0. The molecule has 1 aromatic rings. The first kappa shape index (κ1) is 11.3. The first-order valence-electron chi connectivity index (χ1n) is 6.37. The van der Waals surface area contributed by atoms with Crippen LogP contribution in [0, 0.1) is 0 Å². The van der Waals surface area contributed by atoms with Crippen molar-refractivity contribution < 1.29 is 0 Å². The molecule has 0 spiro atoms. The van der Waals surface area contributed by atoms with Crippen molar-refractivity contribution in [3.63, 3.8) is 0 Å². The highest BCUT2D eigenvalue weighted by molar-refractivity contribution is 7.98. The Labute approximate surface area is 106 Å². The molecule has 0 aromatic carbocycles. The van der Waals surface area contributed by atoms with Crippen LogP contribution in [0.15, 0.2) is 5.10 Å². The summed E-state index contributed by atoms with van der Waals surface area (Å²) in [5, 5.41) is 13.2. The zero-order chi connectivity index (χ0) is 11.7. The standard InChI is InChI=1S/C12H18N4S/c1-17-8-2-7-13-16-11(9-3-4-9)14-15-12(16)10-5-6-10/h7,9-10H,2-6,8H2,1H3/b13-7+. The van der Waals surface area contributed by atoms with E-state index in [9.17, 15) is 0 Å². The van der Waals surface area contributed by atoms with Crippen LogP contribution in [0.5, 0.6) is 0 Å². The molecule has 0 aliphatic heterocycles. The van der Waals surface area contributed by atoms with Crippen LogP contribution in [0.4, 0.5) is 0 Å². The Bertz CT molecular complexity index is 389. The molecular weight excluding hydrogens is 232 g/mol. The molecule has 2 saturated carbocycles. The topological polar surface area (TPSA) is 43.1 Å². The quantitative estimate of drug-likeness (QED) is 0.576. The van der Waals surface area contributed by atoms with Crippen LogP contribution in [0.25, 0.3) is 0 Å². The predicted molar refractivity (Wildman–Crippen MR) is 70.9 cm³/mol. The first-order chi connectivity index (χ1) is 8.40. The van der Waals surface area contributed by atoms with Crippen molar-refractivity contribution in [1.82, 2.24) is 14.9 Å². The van der Waals surface area contributed by atoms with Gasteiger partial charge >= 0.3 is 0 Å². The summed E-state index contributed by atoms with van der Waals surface area (Å²) in [6.45, 7) is 0. The monoisotopic (exact) mass is 250 g/mol. The summed E-state index contributed by atoms with van der Waals surface area (Å²) in [6.07, 6.45) is 10.2. The van der Waals surface area contributed by atoms with Crippen LogP contribution < -0.4 is 0 Å². The molecule has 2 aliphatic rings. The Kier molecular flexibility index (Phi) is 3.18. The number of thioether (sulfide) groups is 1. The second-order valence-corrected chi connectivity index (χ2v) is 5.84. The van der Waals surface area contributed by atoms with Crippen molar-refractivity contribution in [1.29, 1.82) is 0 Å². The smallest absolute Gasteiger partial charge is 0.157 e. The Hall–Kier alpha value is -0.840. The van der Waals surface area contributed by atoms with E-state index in [1.807, 2.05) is 22.7 Å². The molecule has 0 amide bonds. The number of aromatic nitrogens is 3. The zero-order valence-corrected chi connectivity index (χ0v) is 11.0. The van der Waals surface area contributed by atoms with E-state index < -0.39 is 0 Å². The van der Waals surface area contributed by atoms with E-state index in [0.29, 0.717) is 11.8 Å². The fourth-order valence-electron chi connectivity index (χ4n) is 1.93. The summed E-state index contributed by atoms with van der Waals surface area (Å²) in [6, 6.07) is 0. The average molecular weight is 250 g/mol. The zero-order valence-electron chi connectivity index (χ0n) is 10.2. The second-order valence-electron chi connectivity index (χ2n) is 4.86. The lowest BCUT2D eigenvalue weighted by atomic mass is 10.4. The predicted octanol–water partition coefficient (Wildman–Crippen LogP) is 2.62. The Morgan fingerprint density at radius 1 is 1.24 bits per heavy atom. The van der Waals surface area contributed by atoms with Gasteiger partial charge in [-0.15, -0.1) is 10.2 Å². The van der Waals surface area contributed by atoms with Crippen LogP contribution in [0.3, 0.4) is 0 Å². The lowest BCUT2D eigenvalue weighted by Gasteiger charge is -2.02. The van der Waals surface area contributed by atoms with E-state index in [4.69, 9.17) is 0 Å². The van der Waals surface area contributed by atoms with Gasteiger partial charge in [-0.2, -0.15) is 16.9 Å². The molecule has 1 heterocycles. The lowest BCUT2D eigenvalue weighted by Crippen LogP contribution is -2.01. The molecule has 5 heteroatoms. The van der Waals surface area contributed by atoms with Gasteiger partial charge in [0.1, 0.15) is 0 Å². The molecule has 3 rings (SSSR count). The normalized spacial score (nSPS) is 20.3. The number of nitrogens with zero attached hydrogens (tertiary/aromatic N) is 4. The van der Waals surface area contributed by atoms with Gasteiger partial charge in [0.2, 0.25) is 0 Å². The molecule has 0 N–H and O–H groups in total. The summed E-state index contributed by atoms with van der Waals surface area (Å²) in [4.78, 5) is 0. The molecule has 92 valence electrons. The van der Waals surface area contributed by atoms with Gasteiger partial charge in [0.05, 0.1) is 0 Å². The molecule has 0 bridgehead atoms. The van der Waals surface area contributed by atoms with Crippen molar-refractivity contribution >= 4 is 18.0 Å². The molecule has 4 nitrogen and oxygen atoms in total. The van der Waals surface area contributed by atoms with Gasteiger partial charge in [-0.3, -0.25) is 0 Å². The first-order valence-corrected chi connectivity index (χ1v) is 7.76. The van der Waals surface area contributed by atoms with Gasteiger partial charge in [0, 0.05) is 18.1 Å². The van der Waals surface area contributed by atoms with E-state index in [1.54, 1.807) is 0 Å². The largest absolute Gasteiger partial charge is 0.201 e. The van der Waals surface area contributed by atoms with Gasteiger partial charge in [0.15, 0.2) is 11.6 Å². The second kappa shape index (κ2) is 4.80. The lowest BCUT2D eigenvalue weighted by molar-refractivity contribution is 0.730. The number of hydrogen-bond acceptors (Lipinski definition) is 4. The summed E-state index contributed by atoms with van der Waals surface area (Å²) >= 11 is 1.85. The molecular formula is C12H18N4S. The van der Waals surface area contributed by atoms with Crippen molar-refractivity contribution in [3.05, 3.63) is 11.6 Å². The minimum Gasteiger partial charge on any atom is -0.201 e. The summed E-state index contributed by atoms with van der Waals surface area (Å²) in [7, 11) is 0. The third-order valence-electron chi connectivity index (χ3n) is 3.22. The van der Waals surface area contributed by atoms with Crippen LogP contribution in [-0.2, 0) is 0 Å². The molecule has 17 heavy (non-hydrogen) atoms. The maximum atomic E-state index is 4.58. The van der Waals surface area contributed by atoms with Gasteiger partial charge in [-0.05, 0) is 44.1 Å². The van der Waals surface area contributed by atoms with Gasteiger partial charge in [0.25, 0.3) is 0 Å². The van der Waals surface area contributed by atoms with Crippen molar-refractivity contribution in [3.8, 4) is 0 Å². The van der Waals surface area contributed by atoms with Crippen molar-refractivity contribution in [2.45, 2.75) is 43.9 Å². The molecule has 1 aromatic heterocycles.